The van der Waals surface area contributed by atoms with Crippen LogP contribution in [0.4, 0.5) is 5.69 Å². The summed E-state index contributed by atoms with van der Waals surface area (Å²) < 4.78 is 5.22. The van der Waals surface area contributed by atoms with Gasteiger partial charge in [-0.25, -0.2) is 4.79 Å². The van der Waals surface area contributed by atoms with Gasteiger partial charge in [-0.2, -0.15) is 0 Å². The predicted molar refractivity (Wildman–Crippen MR) is 77.6 cm³/mol. The molecule has 0 aliphatic rings. The highest BCUT2D eigenvalue weighted by atomic mass is 16.6. The number of hydrogen-bond donors (Lipinski definition) is 2. The van der Waals surface area contributed by atoms with Crippen LogP contribution in [0.15, 0.2) is 24.3 Å². The normalized spacial score (nSPS) is 11.8. The molecule has 0 spiro atoms. The fourth-order valence-corrected chi connectivity index (χ4v) is 1.74. The highest BCUT2D eigenvalue weighted by Crippen LogP contribution is 2.25. The van der Waals surface area contributed by atoms with E-state index in [2.05, 4.69) is 5.32 Å². The minimum atomic E-state index is -1.11. The van der Waals surface area contributed by atoms with E-state index in [4.69, 9.17) is 9.84 Å². The van der Waals surface area contributed by atoms with Crippen LogP contribution in [0.5, 0.6) is 5.75 Å². The molecule has 0 saturated heterocycles. The number of nitrogens with zero attached hydrogens (tertiary/aromatic N) is 1. The highest BCUT2D eigenvalue weighted by Gasteiger charge is 2.23. The summed E-state index contributed by atoms with van der Waals surface area (Å²) in [6.45, 7) is 3.28. The minimum absolute atomic E-state index is 0.0685. The fourth-order valence-electron chi connectivity index (χ4n) is 1.74. The van der Waals surface area contributed by atoms with Crippen LogP contribution in [0.1, 0.15) is 20.3 Å². The van der Waals surface area contributed by atoms with E-state index in [1.807, 2.05) is 0 Å². The molecule has 0 aromatic heterocycles. The van der Waals surface area contributed by atoms with Crippen molar-refractivity contribution in [3.63, 3.8) is 0 Å². The molecular formula is C14H18N2O6. The van der Waals surface area contributed by atoms with Crippen molar-refractivity contribution in [3.8, 4) is 5.75 Å². The second kappa shape index (κ2) is 7.96. The number of para-hydroxylation sites is 2. The molecule has 0 saturated carbocycles. The molecule has 8 heteroatoms. The van der Waals surface area contributed by atoms with Gasteiger partial charge in [0.15, 0.2) is 5.75 Å². The van der Waals surface area contributed by atoms with Crippen molar-refractivity contribution >= 4 is 17.6 Å². The predicted octanol–water partition coefficient (Wildman–Crippen LogP) is 1.59. The zero-order valence-corrected chi connectivity index (χ0v) is 12.3. The first-order valence-electron chi connectivity index (χ1n) is 6.71. The van der Waals surface area contributed by atoms with Gasteiger partial charge in [-0.05, 0) is 12.0 Å². The molecule has 1 aromatic carbocycles. The van der Waals surface area contributed by atoms with Crippen LogP contribution in [0.3, 0.4) is 0 Å². The lowest BCUT2D eigenvalue weighted by molar-refractivity contribution is -0.385. The molecule has 1 amide bonds. The molecule has 0 heterocycles. The number of carboxylic acids is 1. The summed E-state index contributed by atoms with van der Waals surface area (Å²) in [6.07, 6.45) is -0.0947. The van der Waals surface area contributed by atoms with Gasteiger partial charge >= 0.3 is 11.7 Å². The molecule has 8 nitrogen and oxygen atoms in total. The number of carbonyl (C=O) groups excluding carboxylic acids is 1. The summed E-state index contributed by atoms with van der Waals surface area (Å²) in [7, 11) is 0. The summed E-state index contributed by atoms with van der Waals surface area (Å²) >= 11 is 0. The number of aliphatic carboxylic acids is 1. The van der Waals surface area contributed by atoms with E-state index in [1.54, 1.807) is 19.9 Å². The van der Waals surface area contributed by atoms with Crippen LogP contribution in [0.2, 0.25) is 0 Å². The van der Waals surface area contributed by atoms with Gasteiger partial charge in [0.1, 0.15) is 6.04 Å². The lowest BCUT2D eigenvalue weighted by atomic mass is 10.0. The molecule has 120 valence electrons. The third-order valence-electron chi connectivity index (χ3n) is 2.90. The molecule has 22 heavy (non-hydrogen) atoms. The highest BCUT2D eigenvalue weighted by molar-refractivity contribution is 5.83. The number of carboxylic acid groups (broad SMARTS) is 1. The van der Waals surface area contributed by atoms with E-state index in [0.717, 1.165) is 0 Å². The van der Waals surface area contributed by atoms with Gasteiger partial charge in [0.05, 0.1) is 18.0 Å². The lowest BCUT2D eigenvalue weighted by Crippen LogP contribution is -2.44. The fraction of sp³-hybridized carbons (Fsp3) is 0.429. The molecular weight excluding hydrogens is 292 g/mol. The molecule has 1 rings (SSSR count). The first kappa shape index (κ1) is 17.4. The Bertz CT molecular complexity index is 558. The maximum Gasteiger partial charge on any atom is 0.326 e. The van der Waals surface area contributed by atoms with Crippen molar-refractivity contribution in [1.29, 1.82) is 0 Å². The van der Waals surface area contributed by atoms with Gasteiger partial charge in [-0.3, -0.25) is 14.9 Å². The number of amides is 1. The SMILES string of the molecule is CC(C)[C@H](NC(=O)CCOc1ccccc1[N+](=O)[O-])C(=O)O. The zero-order valence-electron chi connectivity index (χ0n) is 12.3. The first-order valence-corrected chi connectivity index (χ1v) is 6.71. The van der Waals surface area contributed by atoms with Gasteiger partial charge in [0.25, 0.3) is 0 Å². The van der Waals surface area contributed by atoms with Crippen LogP contribution in [0.25, 0.3) is 0 Å². The summed E-state index contributed by atoms with van der Waals surface area (Å²) in [6, 6.07) is 4.86. The van der Waals surface area contributed by atoms with E-state index in [9.17, 15) is 19.7 Å². The van der Waals surface area contributed by atoms with Crippen molar-refractivity contribution in [2.75, 3.05) is 6.61 Å². The quantitative estimate of drug-likeness (QED) is 0.556. The van der Waals surface area contributed by atoms with E-state index >= 15 is 0 Å². The molecule has 1 aromatic rings. The molecule has 0 aliphatic heterocycles. The largest absolute Gasteiger partial charge is 0.486 e. The Hall–Kier alpha value is -2.64. The van der Waals surface area contributed by atoms with Crippen molar-refractivity contribution in [3.05, 3.63) is 34.4 Å². The smallest absolute Gasteiger partial charge is 0.326 e. The average Bonchev–Trinajstić information content (AvgIpc) is 2.44. The van der Waals surface area contributed by atoms with Gasteiger partial charge in [-0.1, -0.05) is 26.0 Å². The van der Waals surface area contributed by atoms with E-state index in [0.29, 0.717) is 0 Å². The number of hydrogen-bond acceptors (Lipinski definition) is 5. The summed E-state index contributed by atoms with van der Waals surface area (Å²) in [4.78, 5) is 32.9. The van der Waals surface area contributed by atoms with Gasteiger partial charge in [0.2, 0.25) is 5.91 Å². The lowest BCUT2D eigenvalue weighted by Gasteiger charge is -2.17. The summed E-state index contributed by atoms with van der Waals surface area (Å²) in [5.41, 5.74) is -0.187. The van der Waals surface area contributed by atoms with Crippen LogP contribution in [-0.2, 0) is 9.59 Å². The number of rotatable bonds is 8. The second-order valence-electron chi connectivity index (χ2n) is 4.95. The molecule has 0 unspecified atom stereocenters. The summed E-state index contributed by atoms with van der Waals surface area (Å²) in [5.74, 6) is -1.78. The van der Waals surface area contributed by atoms with Crippen molar-refractivity contribution in [2.24, 2.45) is 5.92 Å². The van der Waals surface area contributed by atoms with Crippen molar-refractivity contribution < 1.29 is 24.4 Å². The number of ether oxygens (including phenoxy) is 1. The van der Waals surface area contributed by atoms with Crippen LogP contribution in [0, 0.1) is 16.0 Å². The van der Waals surface area contributed by atoms with Gasteiger partial charge in [-0.15, -0.1) is 0 Å². The molecule has 0 fully saturated rings. The Morgan fingerprint density at radius 1 is 1.36 bits per heavy atom. The third-order valence-corrected chi connectivity index (χ3v) is 2.90. The Labute approximate surface area is 127 Å². The minimum Gasteiger partial charge on any atom is -0.486 e. The summed E-state index contributed by atoms with van der Waals surface area (Å²) in [5, 5.41) is 22.2. The molecule has 0 aliphatic carbocycles. The number of carbonyl (C=O) groups is 2. The topological polar surface area (TPSA) is 119 Å². The maximum atomic E-state index is 11.7. The Balaban J connectivity index is 2.52. The molecule has 0 bridgehead atoms. The number of nitro benzene ring substituents is 1. The third kappa shape index (κ3) is 5.04. The Morgan fingerprint density at radius 3 is 2.55 bits per heavy atom. The van der Waals surface area contributed by atoms with E-state index < -0.39 is 22.8 Å². The van der Waals surface area contributed by atoms with E-state index in [-0.39, 0.29) is 30.4 Å². The van der Waals surface area contributed by atoms with Crippen molar-refractivity contribution in [1.82, 2.24) is 5.32 Å². The standard InChI is InChI=1S/C14H18N2O6/c1-9(2)13(14(18)19)15-12(17)7-8-22-11-6-4-3-5-10(11)16(20)21/h3-6,9,13H,7-8H2,1-2H3,(H,15,17)(H,18,19)/t13-/m0/s1. The molecule has 0 radical (unpaired) electrons. The maximum absolute atomic E-state index is 11.7. The number of benzene rings is 1. The first-order chi connectivity index (χ1) is 10.3. The van der Waals surface area contributed by atoms with Gasteiger partial charge < -0.3 is 15.2 Å². The number of nitrogens with one attached hydrogen (secondary N) is 1. The monoisotopic (exact) mass is 310 g/mol. The number of nitro groups is 1. The van der Waals surface area contributed by atoms with Crippen molar-refractivity contribution in [2.45, 2.75) is 26.3 Å². The van der Waals surface area contributed by atoms with Gasteiger partial charge in [0, 0.05) is 6.07 Å². The Morgan fingerprint density at radius 2 is 2.00 bits per heavy atom. The second-order valence-corrected chi connectivity index (χ2v) is 4.95. The Kier molecular flexibility index (Phi) is 6.30. The average molecular weight is 310 g/mol. The molecule has 2 N–H and O–H groups in total. The van der Waals surface area contributed by atoms with Crippen LogP contribution >= 0.6 is 0 Å². The van der Waals surface area contributed by atoms with Crippen LogP contribution in [-0.4, -0.2) is 34.6 Å². The molecule has 1 atom stereocenters. The van der Waals surface area contributed by atoms with Crippen LogP contribution < -0.4 is 10.1 Å². The van der Waals surface area contributed by atoms with E-state index in [1.165, 1.54) is 18.2 Å². The zero-order chi connectivity index (χ0) is 16.7.